The Morgan fingerprint density at radius 1 is 1.52 bits per heavy atom. The van der Waals surface area contributed by atoms with Gasteiger partial charge in [0.1, 0.15) is 0 Å². The summed E-state index contributed by atoms with van der Waals surface area (Å²) >= 11 is 1.87. The van der Waals surface area contributed by atoms with E-state index < -0.39 is 10.7 Å². The Labute approximate surface area is 127 Å². The van der Waals surface area contributed by atoms with Crippen LogP contribution in [0, 0.1) is 15.9 Å². The van der Waals surface area contributed by atoms with Crippen LogP contribution < -0.4 is 10.1 Å². The predicted molar refractivity (Wildman–Crippen MR) is 82.8 cm³/mol. The maximum Gasteiger partial charge on any atom is 0.313 e. The van der Waals surface area contributed by atoms with Crippen LogP contribution in [0.4, 0.5) is 15.8 Å². The molecule has 0 spiro atoms. The summed E-state index contributed by atoms with van der Waals surface area (Å²) in [6.07, 6.45) is 3.21. The first-order valence-corrected chi connectivity index (χ1v) is 8.01. The lowest BCUT2D eigenvalue weighted by Crippen LogP contribution is -2.26. The van der Waals surface area contributed by atoms with E-state index in [0.717, 1.165) is 31.1 Å². The second kappa shape index (κ2) is 6.98. The molecule has 5 nitrogen and oxygen atoms in total. The number of ether oxygens (including phenoxy) is 1. The number of hydrogen-bond donors (Lipinski definition) is 1. The molecule has 1 fully saturated rings. The molecule has 2 unspecified atom stereocenters. The summed E-state index contributed by atoms with van der Waals surface area (Å²) < 4.78 is 19.1. The van der Waals surface area contributed by atoms with Gasteiger partial charge in [-0.05, 0) is 18.6 Å². The first kappa shape index (κ1) is 15.9. The Balaban J connectivity index is 2.22. The molecular weight excluding hydrogens is 295 g/mol. The molecule has 0 bridgehead atoms. The van der Waals surface area contributed by atoms with Crippen LogP contribution in [0.1, 0.15) is 26.2 Å². The van der Waals surface area contributed by atoms with E-state index in [1.54, 1.807) is 0 Å². The molecule has 1 aliphatic rings. The van der Waals surface area contributed by atoms with Crippen molar-refractivity contribution in [3.63, 3.8) is 0 Å². The van der Waals surface area contributed by atoms with Crippen molar-refractivity contribution in [3.8, 4) is 5.75 Å². The fourth-order valence-electron chi connectivity index (χ4n) is 2.66. The van der Waals surface area contributed by atoms with Crippen molar-refractivity contribution in [1.29, 1.82) is 0 Å². The van der Waals surface area contributed by atoms with Gasteiger partial charge in [0.25, 0.3) is 0 Å². The van der Waals surface area contributed by atoms with Crippen LogP contribution in [0.25, 0.3) is 0 Å². The molecule has 0 amide bonds. The smallest absolute Gasteiger partial charge is 0.313 e. The number of halogens is 1. The van der Waals surface area contributed by atoms with Crippen molar-refractivity contribution in [3.05, 3.63) is 28.1 Å². The topological polar surface area (TPSA) is 64.4 Å². The summed E-state index contributed by atoms with van der Waals surface area (Å²) in [7, 11) is 1.34. The highest BCUT2D eigenvalue weighted by Crippen LogP contribution is 2.36. The highest BCUT2D eigenvalue weighted by atomic mass is 32.2. The molecule has 1 aliphatic carbocycles. The Kier molecular flexibility index (Phi) is 5.27. The average molecular weight is 314 g/mol. The van der Waals surface area contributed by atoms with E-state index in [1.165, 1.54) is 13.2 Å². The van der Waals surface area contributed by atoms with Gasteiger partial charge in [-0.2, -0.15) is 11.8 Å². The van der Waals surface area contributed by atoms with Crippen LogP contribution in [-0.4, -0.2) is 29.1 Å². The Morgan fingerprint density at radius 3 is 2.90 bits per heavy atom. The monoisotopic (exact) mass is 314 g/mol. The number of methoxy groups -OCH3 is 1. The summed E-state index contributed by atoms with van der Waals surface area (Å²) in [5.41, 5.74) is -0.0856. The van der Waals surface area contributed by atoms with Crippen molar-refractivity contribution < 1.29 is 14.1 Å². The molecule has 0 aromatic heterocycles. The molecule has 2 atom stereocenters. The van der Waals surface area contributed by atoms with Crippen molar-refractivity contribution in [2.24, 2.45) is 0 Å². The number of nitrogens with zero attached hydrogens (tertiary/aromatic N) is 1. The van der Waals surface area contributed by atoms with Crippen molar-refractivity contribution >= 4 is 23.1 Å². The number of nitrogens with one attached hydrogen (secondary N) is 1. The number of rotatable bonds is 6. The van der Waals surface area contributed by atoms with E-state index in [0.29, 0.717) is 5.25 Å². The lowest BCUT2D eigenvalue weighted by molar-refractivity contribution is -0.385. The van der Waals surface area contributed by atoms with Gasteiger partial charge >= 0.3 is 5.69 Å². The van der Waals surface area contributed by atoms with Crippen LogP contribution in [0.15, 0.2) is 12.1 Å². The molecular formula is C14H19FN2O3S. The van der Waals surface area contributed by atoms with E-state index in [1.807, 2.05) is 11.8 Å². The fraction of sp³-hybridized carbons (Fsp3) is 0.571. The van der Waals surface area contributed by atoms with Gasteiger partial charge in [0.15, 0.2) is 11.6 Å². The molecule has 0 aliphatic heterocycles. The number of nitro groups is 1. The number of anilines is 1. The fourth-order valence-corrected chi connectivity index (χ4v) is 3.86. The summed E-state index contributed by atoms with van der Waals surface area (Å²) in [6.45, 7) is 2.11. The van der Waals surface area contributed by atoms with Crippen molar-refractivity contribution in [1.82, 2.24) is 0 Å². The number of benzene rings is 1. The van der Waals surface area contributed by atoms with Crippen LogP contribution in [0.5, 0.6) is 5.75 Å². The molecule has 21 heavy (non-hydrogen) atoms. The largest absolute Gasteiger partial charge is 0.490 e. The van der Waals surface area contributed by atoms with Gasteiger partial charge in [-0.25, -0.2) is 4.39 Å². The van der Waals surface area contributed by atoms with Gasteiger partial charge in [-0.1, -0.05) is 13.3 Å². The maximum atomic E-state index is 14.1. The van der Waals surface area contributed by atoms with E-state index in [2.05, 4.69) is 12.2 Å². The lowest BCUT2D eigenvalue weighted by Gasteiger charge is -2.21. The summed E-state index contributed by atoms with van der Waals surface area (Å²) in [6, 6.07) is 2.48. The first-order valence-electron chi connectivity index (χ1n) is 6.96. The molecule has 116 valence electrons. The number of hydrogen-bond acceptors (Lipinski definition) is 5. The Bertz CT molecular complexity index is 527. The van der Waals surface area contributed by atoms with Crippen LogP contribution in [0.2, 0.25) is 0 Å². The molecule has 0 radical (unpaired) electrons. The summed E-state index contributed by atoms with van der Waals surface area (Å²) in [5, 5.41) is 14.5. The van der Waals surface area contributed by atoms with Crippen molar-refractivity contribution in [2.45, 2.75) is 37.5 Å². The van der Waals surface area contributed by atoms with Gasteiger partial charge in [0.2, 0.25) is 0 Å². The van der Waals surface area contributed by atoms with E-state index >= 15 is 0 Å². The standard InChI is InChI=1S/C14H19FN2O3S/c1-3-21-14-6-4-5-10(14)16-11-8-13(20-2)12(17(18)19)7-9(11)15/h7-8,10,14,16H,3-6H2,1-2H3. The molecule has 2 rings (SSSR count). The number of nitro benzene ring substituents is 1. The van der Waals surface area contributed by atoms with E-state index in [9.17, 15) is 14.5 Å². The minimum atomic E-state index is -0.642. The van der Waals surface area contributed by atoms with E-state index in [4.69, 9.17) is 4.74 Å². The molecule has 7 heteroatoms. The second-order valence-corrected chi connectivity index (χ2v) is 6.45. The molecule has 0 heterocycles. The van der Waals surface area contributed by atoms with Gasteiger partial charge < -0.3 is 10.1 Å². The third-order valence-corrected chi connectivity index (χ3v) is 4.97. The summed E-state index contributed by atoms with van der Waals surface area (Å²) in [4.78, 5) is 10.2. The Morgan fingerprint density at radius 2 is 2.29 bits per heavy atom. The van der Waals surface area contributed by atoms with Crippen molar-refractivity contribution in [2.75, 3.05) is 18.2 Å². The highest BCUT2D eigenvalue weighted by molar-refractivity contribution is 7.99. The molecule has 1 aromatic rings. The third-order valence-electron chi connectivity index (χ3n) is 3.64. The normalized spacial score (nSPS) is 21.3. The van der Waals surface area contributed by atoms with E-state index in [-0.39, 0.29) is 23.2 Å². The maximum absolute atomic E-state index is 14.1. The highest BCUT2D eigenvalue weighted by Gasteiger charge is 2.28. The zero-order valence-electron chi connectivity index (χ0n) is 12.1. The molecule has 1 saturated carbocycles. The number of thioether (sulfide) groups is 1. The van der Waals surface area contributed by atoms with Gasteiger partial charge in [-0.3, -0.25) is 10.1 Å². The quantitative estimate of drug-likeness (QED) is 0.638. The van der Waals surface area contributed by atoms with Gasteiger partial charge in [0.05, 0.1) is 23.8 Å². The first-order chi connectivity index (χ1) is 10.1. The van der Waals surface area contributed by atoms with Crippen LogP contribution >= 0.6 is 11.8 Å². The Hall–Kier alpha value is -1.50. The minimum Gasteiger partial charge on any atom is -0.490 e. The zero-order chi connectivity index (χ0) is 15.4. The van der Waals surface area contributed by atoms with Gasteiger partial charge in [0, 0.05) is 17.4 Å². The predicted octanol–water partition coefficient (Wildman–Crippen LogP) is 3.83. The third kappa shape index (κ3) is 3.58. The SMILES string of the molecule is CCSC1CCCC1Nc1cc(OC)c([N+](=O)[O-])cc1F. The second-order valence-electron chi connectivity index (χ2n) is 4.94. The van der Waals surface area contributed by atoms with Gasteiger partial charge in [-0.15, -0.1) is 0 Å². The zero-order valence-corrected chi connectivity index (χ0v) is 12.9. The molecule has 1 aromatic carbocycles. The van der Waals surface area contributed by atoms with Crippen LogP contribution in [0.3, 0.4) is 0 Å². The summed E-state index contributed by atoms with van der Waals surface area (Å²) in [5.74, 6) is 0.478. The molecule has 1 N–H and O–H groups in total. The van der Waals surface area contributed by atoms with Crippen LogP contribution in [-0.2, 0) is 0 Å². The minimum absolute atomic E-state index is 0.0709. The average Bonchev–Trinajstić information content (AvgIpc) is 2.88. The molecule has 0 saturated heterocycles. The lowest BCUT2D eigenvalue weighted by atomic mass is 10.2.